The minimum absolute atomic E-state index is 0.693. The van der Waals surface area contributed by atoms with E-state index in [1.165, 1.54) is 22.2 Å². The Balaban J connectivity index is 1.96. The first-order chi connectivity index (χ1) is 7.69. The molecule has 2 unspecified atom stereocenters. The van der Waals surface area contributed by atoms with Gasteiger partial charge in [-0.2, -0.15) is 0 Å². The van der Waals surface area contributed by atoms with Crippen LogP contribution in [0.15, 0.2) is 15.2 Å². The second-order valence-electron chi connectivity index (χ2n) is 4.72. The molecule has 16 heavy (non-hydrogen) atoms. The molecular weight excluding hydrogens is 284 g/mol. The van der Waals surface area contributed by atoms with Gasteiger partial charge in [0.25, 0.3) is 0 Å². The minimum Gasteiger partial charge on any atom is -0.330 e. The molecule has 0 aromatic carbocycles. The molecule has 4 heteroatoms. The first kappa shape index (κ1) is 12.6. The molecule has 0 aliphatic carbocycles. The number of hydrogen-bond donors (Lipinski definition) is 1. The van der Waals surface area contributed by atoms with Gasteiger partial charge in [0, 0.05) is 19.1 Å². The number of likely N-dealkylation sites (tertiary alicyclic amines) is 1. The van der Waals surface area contributed by atoms with Crippen molar-refractivity contribution in [2.24, 2.45) is 11.7 Å². The molecule has 2 N–H and O–H groups in total. The number of nitrogens with zero attached hydrogens (tertiary/aromatic N) is 1. The smallest absolute Gasteiger partial charge is 0.0701 e. The van der Waals surface area contributed by atoms with Gasteiger partial charge < -0.3 is 5.73 Å². The van der Waals surface area contributed by atoms with Crippen LogP contribution in [0.3, 0.4) is 0 Å². The van der Waals surface area contributed by atoms with E-state index >= 15 is 0 Å². The van der Waals surface area contributed by atoms with Crippen LogP contribution < -0.4 is 5.73 Å². The van der Waals surface area contributed by atoms with Gasteiger partial charge in [0.05, 0.1) is 3.79 Å². The van der Waals surface area contributed by atoms with E-state index in [9.17, 15) is 0 Å². The molecule has 2 rings (SSSR count). The van der Waals surface area contributed by atoms with Gasteiger partial charge in [-0.15, -0.1) is 11.3 Å². The van der Waals surface area contributed by atoms with E-state index in [-0.39, 0.29) is 0 Å². The third-order valence-electron chi connectivity index (χ3n) is 3.45. The summed E-state index contributed by atoms with van der Waals surface area (Å²) in [5, 5.41) is 2.24. The van der Waals surface area contributed by atoms with Gasteiger partial charge >= 0.3 is 0 Å². The highest BCUT2D eigenvalue weighted by atomic mass is 79.9. The molecule has 1 aromatic rings. The first-order valence-electron chi connectivity index (χ1n) is 5.86. The van der Waals surface area contributed by atoms with Crippen molar-refractivity contribution >= 4 is 27.3 Å². The van der Waals surface area contributed by atoms with Crippen LogP contribution in [0, 0.1) is 5.92 Å². The highest BCUT2D eigenvalue weighted by Crippen LogP contribution is 2.26. The van der Waals surface area contributed by atoms with Crippen molar-refractivity contribution in [1.82, 2.24) is 4.90 Å². The van der Waals surface area contributed by atoms with Crippen molar-refractivity contribution in [3.8, 4) is 0 Å². The number of rotatable bonds is 3. The third kappa shape index (κ3) is 3.06. The molecule has 90 valence electrons. The van der Waals surface area contributed by atoms with E-state index in [0.717, 1.165) is 19.6 Å². The number of hydrogen-bond acceptors (Lipinski definition) is 3. The van der Waals surface area contributed by atoms with Gasteiger partial charge in [-0.1, -0.05) is 0 Å². The average Bonchev–Trinajstić information content (AvgIpc) is 2.67. The summed E-state index contributed by atoms with van der Waals surface area (Å²) in [7, 11) is 0. The quantitative estimate of drug-likeness (QED) is 0.930. The van der Waals surface area contributed by atoms with Crippen LogP contribution in [0.4, 0.5) is 0 Å². The van der Waals surface area contributed by atoms with E-state index in [4.69, 9.17) is 5.73 Å². The Kier molecular flexibility index (Phi) is 4.41. The summed E-state index contributed by atoms with van der Waals surface area (Å²) in [4.78, 5) is 2.56. The van der Waals surface area contributed by atoms with Crippen molar-refractivity contribution in [2.75, 3.05) is 13.1 Å². The van der Waals surface area contributed by atoms with Crippen LogP contribution in [0.25, 0.3) is 0 Å². The van der Waals surface area contributed by atoms with Gasteiger partial charge in [0.1, 0.15) is 0 Å². The summed E-state index contributed by atoms with van der Waals surface area (Å²) >= 11 is 5.28. The van der Waals surface area contributed by atoms with Gasteiger partial charge in [-0.25, -0.2) is 0 Å². The molecule has 1 aliphatic rings. The zero-order valence-corrected chi connectivity index (χ0v) is 12.1. The standard InChI is InChI=1S/C12H19BrN2S/c1-9-2-3-10(5-14)6-15(9)7-11-4-12(13)16-8-11/h4,8-10H,2-3,5-7,14H2,1H3. The van der Waals surface area contributed by atoms with E-state index < -0.39 is 0 Å². The zero-order chi connectivity index (χ0) is 11.5. The van der Waals surface area contributed by atoms with Crippen molar-refractivity contribution in [2.45, 2.75) is 32.4 Å². The Labute approximate surface area is 110 Å². The molecule has 1 saturated heterocycles. The molecule has 1 fully saturated rings. The Hall–Kier alpha value is 0.100. The molecule has 0 saturated carbocycles. The van der Waals surface area contributed by atoms with E-state index in [1.807, 2.05) is 0 Å². The zero-order valence-electron chi connectivity index (χ0n) is 9.66. The van der Waals surface area contributed by atoms with Gasteiger partial charge in [-0.3, -0.25) is 4.90 Å². The Morgan fingerprint density at radius 3 is 3.00 bits per heavy atom. The molecule has 2 atom stereocenters. The fourth-order valence-corrected chi connectivity index (χ4v) is 3.54. The highest BCUT2D eigenvalue weighted by molar-refractivity contribution is 9.11. The lowest BCUT2D eigenvalue weighted by molar-refractivity contribution is 0.113. The molecule has 1 aliphatic heterocycles. The minimum atomic E-state index is 0.693. The predicted molar refractivity (Wildman–Crippen MR) is 73.7 cm³/mol. The predicted octanol–water partition coefficient (Wildman–Crippen LogP) is 3.07. The molecule has 0 bridgehead atoms. The first-order valence-corrected chi connectivity index (χ1v) is 7.53. The molecule has 1 aromatic heterocycles. The van der Waals surface area contributed by atoms with Crippen LogP contribution >= 0.6 is 27.3 Å². The Morgan fingerprint density at radius 2 is 2.38 bits per heavy atom. The molecule has 2 nitrogen and oxygen atoms in total. The topological polar surface area (TPSA) is 29.3 Å². The lowest BCUT2D eigenvalue weighted by Gasteiger charge is -2.37. The Morgan fingerprint density at radius 1 is 1.56 bits per heavy atom. The third-order valence-corrected chi connectivity index (χ3v) is 5.00. The number of thiophene rings is 1. The SMILES string of the molecule is CC1CCC(CN)CN1Cc1csc(Br)c1. The average molecular weight is 303 g/mol. The second-order valence-corrected chi connectivity index (χ2v) is 7.01. The monoisotopic (exact) mass is 302 g/mol. The van der Waals surface area contributed by atoms with Crippen LogP contribution in [0.1, 0.15) is 25.3 Å². The summed E-state index contributed by atoms with van der Waals surface area (Å²) in [6.07, 6.45) is 2.58. The molecular formula is C12H19BrN2S. The second kappa shape index (κ2) is 5.63. The van der Waals surface area contributed by atoms with Crippen molar-refractivity contribution < 1.29 is 0 Å². The normalized spacial score (nSPS) is 27.2. The largest absolute Gasteiger partial charge is 0.330 e. The van der Waals surface area contributed by atoms with Crippen molar-refractivity contribution in [3.63, 3.8) is 0 Å². The lowest BCUT2D eigenvalue weighted by Crippen LogP contribution is -2.43. The number of halogens is 1. The highest BCUT2D eigenvalue weighted by Gasteiger charge is 2.24. The number of piperidine rings is 1. The van der Waals surface area contributed by atoms with Gasteiger partial charge in [0.2, 0.25) is 0 Å². The van der Waals surface area contributed by atoms with Gasteiger partial charge in [0.15, 0.2) is 0 Å². The van der Waals surface area contributed by atoms with Crippen molar-refractivity contribution in [3.05, 3.63) is 20.8 Å². The van der Waals surface area contributed by atoms with Crippen LogP contribution in [-0.2, 0) is 6.54 Å². The molecule has 0 spiro atoms. The maximum atomic E-state index is 5.78. The summed E-state index contributed by atoms with van der Waals surface area (Å²) in [5.41, 5.74) is 7.19. The van der Waals surface area contributed by atoms with E-state index in [2.05, 4.69) is 39.2 Å². The lowest BCUT2D eigenvalue weighted by atomic mass is 9.93. The van der Waals surface area contributed by atoms with E-state index in [1.54, 1.807) is 11.3 Å². The summed E-state index contributed by atoms with van der Waals surface area (Å²) < 4.78 is 1.22. The van der Waals surface area contributed by atoms with Crippen LogP contribution in [0.5, 0.6) is 0 Å². The summed E-state index contributed by atoms with van der Waals surface area (Å²) in [6.45, 7) is 5.38. The maximum Gasteiger partial charge on any atom is 0.0701 e. The van der Waals surface area contributed by atoms with Crippen molar-refractivity contribution in [1.29, 1.82) is 0 Å². The van der Waals surface area contributed by atoms with Crippen LogP contribution in [-0.4, -0.2) is 24.0 Å². The fourth-order valence-electron chi connectivity index (χ4n) is 2.34. The van der Waals surface area contributed by atoms with Crippen LogP contribution in [0.2, 0.25) is 0 Å². The molecule has 0 radical (unpaired) electrons. The fraction of sp³-hybridized carbons (Fsp3) is 0.667. The van der Waals surface area contributed by atoms with E-state index in [0.29, 0.717) is 12.0 Å². The number of nitrogens with two attached hydrogens (primary N) is 1. The molecule has 0 amide bonds. The Bertz CT molecular complexity index is 340. The molecule has 2 heterocycles. The van der Waals surface area contributed by atoms with Gasteiger partial charge in [-0.05, 0) is 65.2 Å². The maximum absolute atomic E-state index is 5.78. The summed E-state index contributed by atoms with van der Waals surface area (Å²) in [6, 6.07) is 2.92. The summed E-state index contributed by atoms with van der Waals surface area (Å²) in [5.74, 6) is 0.693.